The summed E-state index contributed by atoms with van der Waals surface area (Å²) in [6, 6.07) is 20.2. The van der Waals surface area contributed by atoms with Crippen LogP contribution in [0, 0.1) is 6.92 Å². The Morgan fingerprint density at radius 1 is 0.966 bits per heavy atom. The van der Waals surface area contributed by atoms with Crippen molar-refractivity contribution in [2.45, 2.75) is 24.8 Å². The molecule has 0 radical (unpaired) electrons. The zero-order valence-electron chi connectivity index (χ0n) is 16.0. The number of halogens is 1. The Bertz CT molecular complexity index is 1110. The molecule has 150 valence electrons. The van der Waals surface area contributed by atoms with E-state index in [1.807, 2.05) is 38.1 Å². The molecule has 0 saturated carbocycles. The third-order valence-electron chi connectivity index (χ3n) is 4.44. The molecule has 3 aromatic rings. The lowest BCUT2D eigenvalue weighted by atomic mass is 10.1. The molecule has 0 aliphatic rings. The molecule has 7 heteroatoms. The summed E-state index contributed by atoms with van der Waals surface area (Å²) >= 11 is 6.25. The number of nitrogens with one attached hydrogen (secondary N) is 2. The maximum Gasteiger partial charge on any atom is 0.261 e. The minimum absolute atomic E-state index is 0.143. The smallest absolute Gasteiger partial charge is 0.261 e. The Morgan fingerprint density at radius 3 is 2.24 bits per heavy atom. The van der Waals surface area contributed by atoms with Gasteiger partial charge < -0.3 is 5.32 Å². The van der Waals surface area contributed by atoms with Gasteiger partial charge in [-0.1, -0.05) is 59.6 Å². The number of aryl methyl sites for hydroxylation is 1. The van der Waals surface area contributed by atoms with Crippen LogP contribution in [0.5, 0.6) is 0 Å². The molecule has 0 aliphatic heterocycles. The lowest BCUT2D eigenvalue weighted by Crippen LogP contribution is -2.27. The first-order chi connectivity index (χ1) is 13.8. The third kappa shape index (κ3) is 5.16. The van der Waals surface area contributed by atoms with E-state index in [0.717, 1.165) is 11.1 Å². The normalized spacial score (nSPS) is 12.2. The van der Waals surface area contributed by atoms with Gasteiger partial charge in [-0.3, -0.25) is 9.52 Å². The van der Waals surface area contributed by atoms with E-state index in [1.165, 1.54) is 30.3 Å². The van der Waals surface area contributed by atoms with Crippen LogP contribution in [0.4, 0.5) is 5.69 Å². The molecule has 0 bridgehead atoms. The van der Waals surface area contributed by atoms with Crippen LogP contribution in [-0.2, 0) is 10.0 Å². The SMILES string of the molecule is Cc1ccc([C@H](C)NC(=O)c2ccc(NS(=O)(=O)c3ccccc3)cc2Cl)cc1. The van der Waals surface area contributed by atoms with Gasteiger partial charge in [0, 0.05) is 0 Å². The lowest BCUT2D eigenvalue weighted by Gasteiger charge is -2.16. The molecule has 0 heterocycles. The Morgan fingerprint density at radius 2 is 1.62 bits per heavy atom. The first-order valence-corrected chi connectivity index (χ1v) is 10.9. The van der Waals surface area contributed by atoms with Crippen LogP contribution < -0.4 is 10.0 Å². The number of sulfonamides is 1. The number of benzene rings is 3. The largest absolute Gasteiger partial charge is 0.345 e. The molecule has 0 fully saturated rings. The van der Waals surface area contributed by atoms with Gasteiger partial charge in [0.05, 0.1) is 27.2 Å². The van der Waals surface area contributed by atoms with Gasteiger partial charge in [-0.15, -0.1) is 0 Å². The highest BCUT2D eigenvalue weighted by molar-refractivity contribution is 7.92. The molecular weight excluding hydrogens is 408 g/mol. The highest BCUT2D eigenvalue weighted by atomic mass is 35.5. The van der Waals surface area contributed by atoms with Gasteiger partial charge >= 0.3 is 0 Å². The summed E-state index contributed by atoms with van der Waals surface area (Å²) in [5, 5.41) is 3.06. The van der Waals surface area contributed by atoms with E-state index in [0.29, 0.717) is 0 Å². The van der Waals surface area contributed by atoms with Gasteiger partial charge in [0.1, 0.15) is 0 Å². The minimum Gasteiger partial charge on any atom is -0.345 e. The van der Waals surface area contributed by atoms with Gasteiger partial charge in [-0.25, -0.2) is 8.42 Å². The van der Waals surface area contributed by atoms with Gasteiger partial charge in [0.2, 0.25) is 0 Å². The van der Waals surface area contributed by atoms with Crippen molar-refractivity contribution in [3.63, 3.8) is 0 Å². The van der Waals surface area contributed by atoms with Crippen molar-refractivity contribution in [3.05, 3.63) is 94.5 Å². The summed E-state index contributed by atoms with van der Waals surface area (Å²) in [5.74, 6) is -0.333. The fourth-order valence-electron chi connectivity index (χ4n) is 2.79. The molecule has 29 heavy (non-hydrogen) atoms. The maximum atomic E-state index is 12.6. The van der Waals surface area contributed by atoms with Gasteiger partial charge in [0.15, 0.2) is 0 Å². The summed E-state index contributed by atoms with van der Waals surface area (Å²) in [5.41, 5.74) is 2.67. The number of carbonyl (C=O) groups excluding carboxylic acids is 1. The second-order valence-electron chi connectivity index (χ2n) is 6.72. The van der Waals surface area contributed by atoms with Crippen molar-refractivity contribution >= 4 is 33.2 Å². The number of hydrogen-bond acceptors (Lipinski definition) is 3. The van der Waals surface area contributed by atoms with Crippen molar-refractivity contribution in [1.29, 1.82) is 0 Å². The summed E-state index contributed by atoms with van der Waals surface area (Å²) in [4.78, 5) is 12.7. The molecule has 0 saturated heterocycles. The lowest BCUT2D eigenvalue weighted by molar-refractivity contribution is 0.0940. The van der Waals surface area contributed by atoms with Crippen molar-refractivity contribution in [2.75, 3.05) is 4.72 Å². The van der Waals surface area contributed by atoms with Crippen LogP contribution in [0.1, 0.15) is 34.5 Å². The Balaban J connectivity index is 1.73. The van der Waals surface area contributed by atoms with Crippen molar-refractivity contribution in [3.8, 4) is 0 Å². The number of hydrogen-bond donors (Lipinski definition) is 2. The summed E-state index contributed by atoms with van der Waals surface area (Å²) < 4.78 is 27.3. The van der Waals surface area contributed by atoms with Crippen LogP contribution in [-0.4, -0.2) is 14.3 Å². The van der Waals surface area contributed by atoms with Gasteiger partial charge in [0.25, 0.3) is 15.9 Å². The average Bonchev–Trinajstić information content (AvgIpc) is 2.69. The van der Waals surface area contributed by atoms with E-state index in [1.54, 1.807) is 18.2 Å². The number of anilines is 1. The highest BCUT2D eigenvalue weighted by Gasteiger charge is 2.17. The predicted octanol–water partition coefficient (Wildman–Crippen LogP) is 4.94. The van der Waals surface area contributed by atoms with E-state index in [9.17, 15) is 13.2 Å². The zero-order chi connectivity index (χ0) is 21.0. The van der Waals surface area contributed by atoms with E-state index in [2.05, 4.69) is 10.0 Å². The van der Waals surface area contributed by atoms with Crippen molar-refractivity contribution < 1.29 is 13.2 Å². The molecule has 3 rings (SSSR count). The molecule has 0 aliphatic carbocycles. The second kappa shape index (κ2) is 8.68. The topological polar surface area (TPSA) is 75.3 Å². The predicted molar refractivity (Wildman–Crippen MR) is 116 cm³/mol. The zero-order valence-corrected chi connectivity index (χ0v) is 17.6. The molecule has 0 spiro atoms. The summed E-state index contributed by atoms with van der Waals surface area (Å²) in [7, 11) is -3.73. The van der Waals surface area contributed by atoms with Crippen LogP contribution in [0.15, 0.2) is 77.7 Å². The Kier molecular flexibility index (Phi) is 6.25. The summed E-state index contributed by atoms with van der Waals surface area (Å²) in [6.45, 7) is 3.89. The van der Waals surface area contributed by atoms with Crippen LogP contribution in [0.3, 0.4) is 0 Å². The quantitative estimate of drug-likeness (QED) is 0.583. The van der Waals surface area contributed by atoms with Crippen LogP contribution in [0.2, 0.25) is 5.02 Å². The maximum absolute atomic E-state index is 12.6. The average molecular weight is 429 g/mol. The molecule has 0 unspecified atom stereocenters. The molecule has 1 amide bonds. The number of carbonyl (C=O) groups is 1. The van der Waals surface area contributed by atoms with E-state index in [4.69, 9.17) is 11.6 Å². The molecule has 0 aromatic heterocycles. The van der Waals surface area contributed by atoms with Gasteiger partial charge in [-0.05, 0) is 49.7 Å². The standard InChI is InChI=1S/C22H21ClN2O3S/c1-15-8-10-17(11-9-15)16(2)24-22(26)20-13-12-18(14-21(20)23)25-29(27,28)19-6-4-3-5-7-19/h3-14,16,25H,1-2H3,(H,24,26)/t16-/m0/s1. The molecule has 3 aromatic carbocycles. The van der Waals surface area contributed by atoms with Crippen molar-refractivity contribution in [2.24, 2.45) is 0 Å². The minimum atomic E-state index is -3.73. The fraction of sp³-hybridized carbons (Fsp3) is 0.136. The number of amides is 1. The van der Waals surface area contributed by atoms with Crippen molar-refractivity contribution in [1.82, 2.24) is 5.32 Å². The second-order valence-corrected chi connectivity index (χ2v) is 8.81. The Hall–Kier alpha value is -2.83. The number of rotatable bonds is 6. The summed E-state index contributed by atoms with van der Waals surface area (Å²) in [6.07, 6.45) is 0. The third-order valence-corrected chi connectivity index (χ3v) is 6.15. The van der Waals surface area contributed by atoms with Crippen LogP contribution >= 0.6 is 11.6 Å². The first kappa shape index (κ1) is 20.9. The van der Waals surface area contributed by atoms with Crippen LogP contribution in [0.25, 0.3) is 0 Å². The molecule has 1 atom stereocenters. The molecule has 2 N–H and O–H groups in total. The Labute approximate surface area is 175 Å². The van der Waals surface area contributed by atoms with E-state index < -0.39 is 10.0 Å². The fourth-order valence-corrected chi connectivity index (χ4v) is 4.13. The highest BCUT2D eigenvalue weighted by Crippen LogP contribution is 2.24. The van der Waals surface area contributed by atoms with Gasteiger partial charge in [-0.2, -0.15) is 0 Å². The molecule has 5 nitrogen and oxygen atoms in total. The molecular formula is C22H21ClN2O3S. The first-order valence-electron chi connectivity index (χ1n) is 9.01. The van der Waals surface area contributed by atoms with E-state index >= 15 is 0 Å². The van der Waals surface area contributed by atoms with E-state index in [-0.39, 0.29) is 33.1 Å². The monoisotopic (exact) mass is 428 g/mol.